The van der Waals surface area contributed by atoms with Gasteiger partial charge in [-0.15, -0.1) is 0 Å². The normalized spacial score (nSPS) is 19.3. The highest BCUT2D eigenvalue weighted by Crippen LogP contribution is 2.44. The fourth-order valence-electron chi connectivity index (χ4n) is 3.20. The predicted molar refractivity (Wildman–Crippen MR) is 66.0 cm³/mol. The lowest BCUT2D eigenvalue weighted by Crippen LogP contribution is -2.19. The fraction of sp³-hybridized carbons (Fsp3) is 0.600. The lowest BCUT2D eigenvalue weighted by atomic mass is 9.76. The summed E-state index contributed by atoms with van der Waals surface area (Å²) in [4.78, 5) is 0. The minimum Gasteiger partial charge on any atom is -0.0654 e. The van der Waals surface area contributed by atoms with Crippen molar-refractivity contribution >= 4 is 0 Å². The first kappa shape index (κ1) is 10.7. The predicted octanol–water partition coefficient (Wildman–Crippen LogP) is 4.59. The van der Waals surface area contributed by atoms with Crippen molar-refractivity contribution in [3.63, 3.8) is 0 Å². The van der Waals surface area contributed by atoms with Crippen molar-refractivity contribution < 1.29 is 0 Å². The van der Waals surface area contributed by atoms with Crippen LogP contribution in [0.5, 0.6) is 0 Å². The summed E-state index contributed by atoms with van der Waals surface area (Å²) < 4.78 is 0. The molecule has 15 heavy (non-hydrogen) atoms. The number of hydrogen-bond acceptors (Lipinski definition) is 0. The lowest BCUT2D eigenvalue weighted by Gasteiger charge is -2.28. The van der Waals surface area contributed by atoms with E-state index >= 15 is 0 Å². The van der Waals surface area contributed by atoms with Crippen molar-refractivity contribution in [3.8, 4) is 0 Å². The summed E-state index contributed by atoms with van der Waals surface area (Å²) in [6.45, 7) is 2.32. The molecule has 0 N–H and O–H groups in total. The minimum absolute atomic E-state index is 0.649. The molecule has 1 aliphatic carbocycles. The molecule has 0 aromatic heterocycles. The molecule has 0 atom stereocenters. The van der Waals surface area contributed by atoms with Gasteiger partial charge in [-0.05, 0) is 36.7 Å². The van der Waals surface area contributed by atoms with Crippen molar-refractivity contribution in [3.05, 3.63) is 35.9 Å². The summed E-state index contributed by atoms with van der Waals surface area (Å²) in [5.74, 6) is 0. The maximum Gasteiger partial charge on any atom is -0.0222 e. The van der Waals surface area contributed by atoms with E-state index in [-0.39, 0.29) is 0 Å². The molecule has 0 heteroatoms. The van der Waals surface area contributed by atoms with Gasteiger partial charge in [-0.2, -0.15) is 0 Å². The number of hydrogen-bond donors (Lipinski definition) is 0. The maximum absolute atomic E-state index is 2.32. The van der Waals surface area contributed by atoms with E-state index in [4.69, 9.17) is 0 Å². The molecule has 0 amide bonds. The van der Waals surface area contributed by atoms with Gasteiger partial charge in [0.15, 0.2) is 0 Å². The summed E-state index contributed by atoms with van der Waals surface area (Å²) in [7, 11) is 0. The standard InChI is InChI=1S/C15H22/c1-2-10-15(11-6-7-12-15)13-14-8-4-3-5-9-14/h3-5,8-9H,2,6-7,10-13H2,1H3. The fourth-order valence-corrected chi connectivity index (χ4v) is 3.20. The molecule has 1 aliphatic rings. The second-order valence-electron chi connectivity index (χ2n) is 5.12. The van der Waals surface area contributed by atoms with Crippen molar-refractivity contribution in [2.45, 2.75) is 51.9 Å². The molecule has 1 aromatic rings. The van der Waals surface area contributed by atoms with Crippen LogP contribution >= 0.6 is 0 Å². The highest BCUT2D eigenvalue weighted by Gasteiger charge is 2.32. The smallest absolute Gasteiger partial charge is 0.0222 e. The highest BCUT2D eigenvalue weighted by atomic mass is 14.4. The molecule has 82 valence electrons. The summed E-state index contributed by atoms with van der Waals surface area (Å²) in [6, 6.07) is 11.0. The quantitative estimate of drug-likeness (QED) is 0.670. The van der Waals surface area contributed by atoms with E-state index in [0.717, 1.165) is 0 Å². The van der Waals surface area contributed by atoms with Gasteiger partial charge < -0.3 is 0 Å². The molecule has 0 aliphatic heterocycles. The minimum atomic E-state index is 0.649. The molecule has 1 fully saturated rings. The molecule has 2 rings (SSSR count). The molecule has 0 unspecified atom stereocenters. The summed E-state index contributed by atoms with van der Waals surface area (Å²) in [6.07, 6.45) is 9.88. The Balaban J connectivity index is 2.07. The zero-order valence-electron chi connectivity index (χ0n) is 9.84. The molecule has 0 spiro atoms. The van der Waals surface area contributed by atoms with Crippen molar-refractivity contribution in [1.82, 2.24) is 0 Å². The molecule has 0 nitrogen and oxygen atoms in total. The third-order valence-electron chi connectivity index (χ3n) is 3.87. The van der Waals surface area contributed by atoms with Crippen LogP contribution in [0.4, 0.5) is 0 Å². The van der Waals surface area contributed by atoms with Gasteiger partial charge in [0.25, 0.3) is 0 Å². The first-order valence-electron chi connectivity index (χ1n) is 6.39. The lowest BCUT2D eigenvalue weighted by molar-refractivity contribution is 0.266. The van der Waals surface area contributed by atoms with E-state index in [1.807, 2.05) is 0 Å². The molecule has 0 radical (unpaired) electrons. The maximum atomic E-state index is 2.32. The van der Waals surface area contributed by atoms with Crippen LogP contribution in [0.2, 0.25) is 0 Å². The van der Waals surface area contributed by atoms with E-state index in [9.17, 15) is 0 Å². The average Bonchev–Trinajstić information content (AvgIpc) is 2.69. The van der Waals surface area contributed by atoms with Crippen molar-refractivity contribution in [2.75, 3.05) is 0 Å². The monoisotopic (exact) mass is 202 g/mol. The van der Waals surface area contributed by atoms with Crippen LogP contribution in [0.15, 0.2) is 30.3 Å². The second-order valence-corrected chi connectivity index (χ2v) is 5.12. The summed E-state index contributed by atoms with van der Waals surface area (Å²) in [5.41, 5.74) is 2.18. The SMILES string of the molecule is CCCC1(Cc2ccccc2)CCCC1. The Hall–Kier alpha value is -0.780. The second kappa shape index (κ2) is 4.83. The van der Waals surface area contributed by atoms with E-state index < -0.39 is 0 Å². The Morgan fingerprint density at radius 1 is 1.07 bits per heavy atom. The van der Waals surface area contributed by atoms with Crippen LogP contribution in [0.25, 0.3) is 0 Å². The van der Waals surface area contributed by atoms with Gasteiger partial charge in [0.2, 0.25) is 0 Å². The first-order chi connectivity index (χ1) is 7.35. The molecular weight excluding hydrogens is 180 g/mol. The van der Waals surface area contributed by atoms with Gasteiger partial charge in [-0.25, -0.2) is 0 Å². The largest absolute Gasteiger partial charge is 0.0654 e. The van der Waals surface area contributed by atoms with Gasteiger partial charge >= 0.3 is 0 Å². The average molecular weight is 202 g/mol. The first-order valence-corrected chi connectivity index (χ1v) is 6.39. The molecule has 0 heterocycles. The summed E-state index contributed by atoms with van der Waals surface area (Å²) in [5, 5.41) is 0. The van der Waals surface area contributed by atoms with Gasteiger partial charge in [-0.1, -0.05) is 56.5 Å². The molecule has 0 bridgehead atoms. The van der Waals surface area contributed by atoms with E-state index in [1.165, 1.54) is 50.5 Å². The van der Waals surface area contributed by atoms with Crippen LogP contribution in [-0.2, 0) is 6.42 Å². The molecule has 0 saturated heterocycles. The van der Waals surface area contributed by atoms with Gasteiger partial charge in [0.1, 0.15) is 0 Å². The molecule has 1 saturated carbocycles. The highest BCUT2D eigenvalue weighted by molar-refractivity contribution is 5.17. The Kier molecular flexibility index (Phi) is 3.45. The summed E-state index contributed by atoms with van der Waals surface area (Å²) >= 11 is 0. The van der Waals surface area contributed by atoms with Crippen LogP contribution in [0, 0.1) is 5.41 Å². The van der Waals surface area contributed by atoms with Gasteiger partial charge in [0, 0.05) is 0 Å². The van der Waals surface area contributed by atoms with Crippen molar-refractivity contribution in [1.29, 1.82) is 0 Å². The third kappa shape index (κ3) is 2.62. The van der Waals surface area contributed by atoms with E-state index in [1.54, 1.807) is 0 Å². The van der Waals surface area contributed by atoms with Gasteiger partial charge in [-0.3, -0.25) is 0 Å². The zero-order chi connectivity index (χ0) is 10.6. The Morgan fingerprint density at radius 2 is 1.73 bits per heavy atom. The number of benzene rings is 1. The van der Waals surface area contributed by atoms with Gasteiger partial charge in [0.05, 0.1) is 0 Å². The van der Waals surface area contributed by atoms with E-state index in [2.05, 4.69) is 37.3 Å². The van der Waals surface area contributed by atoms with Crippen LogP contribution < -0.4 is 0 Å². The molecule has 1 aromatic carbocycles. The number of rotatable bonds is 4. The zero-order valence-corrected chi connectivity index (χ0v) is 9.84. The Labute approximate surface area is 93.7 Å². The van der Waals surface area contributed by atoms with Crippen molar-refractivity contribution in [2.24, 2.45) is 5.41 Å². The molecular formula is C15H22. The topological polar surface area (TPSA) is 0 Å². The van der Waals surface area contributed by atoms with Crippen LogP contribution in [0.1, 0.15) is 51.0 Å². The van der Waals surface area contributed by atoms with Crippen LogP contribution in [0.3, 0.4) is 0 Å². The third-order valence-corrected chi connectivity index (χ3v) is 3.87. The Bertz CT molecular complexity index is 280. The van der Waals surface area contributed by atoms with E-state index in [0.29, 0.717) is 5.41 Å². The van der Waals surface area contributed by atoms with Crippen LogP contribution in [-0.4, -0.2) is 0 Å². The Morgan fingerprint density at radius 3 is 2.33 bits per heavy atom.